The highest BCUT2D eigenvalue weighted by molar-refractivity contribution is 5.97. The molecular formula is C23H27N3O5. The van der Waals surface area contributed by atoms with Gasteiger partial charge in [-0.2, -0.15) is 0 Å². The molecule has 31 heavy (non-hydrogen) atoms. The monoisotopic (exact) mass is 425 g/mol. The summed E-state index contributed by atoms with van der Waals surface area (Å²) in [4.78, 5) is 37.8. The van der Waals surface area contributed by atoms with Gasteiger partial charge in [-0.3, -0.25) is 19.7 Å². The maximum atomic E-state index is 13.0. The molecule has 0 aromatic heterocycles. The van der Waals surface area contributed by atoms with Gasteiger partial charge < -0.3 is 15.0 Å². The van der Waals surface area contributed by atoms with E-state index in [9.17, 15) is 19.7 Å². The Bertz CT molecular complexity index is 958. The minimum absolute atomic E-state index is 0.0421. The average Bonchev–Trinajstić information content (AvgIpc) is 3.03. The van der Waals surface area contributed by atoms with Crippen LogP contribution in [0, 0.1) is 17.0 Å². The van der Waals surface area contributed by atoms with E-state index >= 15 is 0 Å². The number of rotatable bonds is 6. The second-order valence-corrected chi connectivity index (χ2v) is 7.67. The van der Waals surface area contributed by atoms with Crippen LogP contribution in [0.25, 0.3) is 0 Å². The molecule has 2 aromatic rings. The van der Waals surface area contributed by atoms with Crippen LogP contribution in [0.5, 0.6) is 5.75 Å². The number of carbonyl (C=O) groups excluding carboxylic acids is 2. The number of likely N-dealkylation sites (tertiary alicyclic amines) is 1. The predicted octanol–water partition coefficient (Wildman–Crippen LogP) is 3.79. The second kappa shape index (κ2) is 10.1. The summed E-state index contributed by atoms with van der Waals surface area (Å²) in [5.74, 6) is 0.192. The molecule has 2 amide bonds. The fourth-order valence-corrected chi connectivity index (χ4v) is 3.94. The number of nitrogens with zero attached hydrogens (tertiary/aromatic N) is 2. The largest absolute Gasteiger partial charge is 0.497 e. The van der Waals surface area contributed by atoms with Gasteiger partial charge in [-0.1, -0.05) is 25.0 Å². The van der Waals surface area contributed by atoms with Crippen molar-refractivity contribution in [2.45, 2.75) is 38.6 Å². The lowest BCUT2D eigenvalue weighted by molar-refractivity contribution is -0.385. The molecule has 8 nitrogen and oxygen atoms in total. The quantitative estimate of drug-likeness (QED) is 0.560. The first-order valence-electron chi connectivity index (χ1n) is 10.4. The summed E-state index contributed by atoms with van der Waals surface area (Å²) in [6, 6.07) is 11.9. The van der Waals surface area contributed by atoms with Gasteiger partial charge in [0.15, 0.2) is 0 Å². The molecule has 1 N–H and O–H groups in total. The van der Waals surface area contributed by atoms with E-state index in [1.54, 1.807) is 14.0 Å². The molecule has 1 saturated heterocycles. The van der Waals surface area contributed by atoms with Crippen molar-refractivity contribution in [3.63, 3.8) is 0 Å². The molecule has 1 atom stereocenters. The number of ether oxygens (including phenoxy) is 1. The summed E-state index contributed by atoms with van der Waals surface area (Å²) in [6.45, 7) is 2.10. The van der Waals surface area contributed by atoms with E-state index in [0.29, 0.717) is 17.7 Å². The zero-order valence-corrected chi connectivity index (χ0v) is 17.8. The molecule has 0 saturated carbocycles. The Morgan fingerprint density at radius 1 is 1.16 bits per heavy atom. The van der Waals surface area contributed by atoms with Gasteiger partial charge >= 0.3 is 0 Å². The van der Waals surface area contributed by atoms with Crippen LogP contribution < -0.4 is 10.1 Å². The predicted molar refractivity (Wildman–Crippen MR) is 116 cm³/mol. The van der Waals surface area contributed by atoms with E-state index in [1.807, 2.05) is 29.2 Å². The van der Waals surface area contributed by atoms with E-state index in [0.717, 1.165) is 37.0 Å². The van der Waals surface area contributed by atoms with Crippen molar-refractivity contribution in [2.24, 2.45) is 0 Å². The summed E-state index contributed by atoms with van der Waals surface area (Å²) in [7, 11) is 1.62. The van der Waals surface area contributed by atoms with Gasteiger partial charge in [-0.05, 0) is 49.6 Å². The smallest absolute Gasteiger partial charge is 0.272 e. The van der Waals surface area contributed by atoms with Crippen molar-refractivity contribution in [1.82, 2.24) is 10.2 Å². The number of nitrogens with one attached hydrogen (secondary N) is 1. The molecule has 2 aromatic carbocycles. The molecule has 164 valence electrons. The zero-order chi connectivity index (χ0) is 22.4. The Labute approximate surface area is 181 Å². The maximum absolute atomic E-state index is 13.0. The molecule has 8 heteroatoms. The van der Waals surface area contributed by atoms with E-state index in [4.69, 9.17) is 4.74 Å². The van der Waals surface area contributed by atoms with Gasteiger partial charge in [0, 0.05) is 23.7 Å². The molecule has 0 aliphatic carbocycles. The van der Waals surface area contributed by atoms with Crippen molar-refractivity contribution in [1.29, 1.82) is 0 Å². The number of nitro groups is 1. The Kier molecular flexibility index (Phi) is 7.23. The molecule has 1 aliphatic rings. The van der Waals surface area contributed by atoms with E-state index < -0.39 is 10.8 Å². The number of amides is 2. The minimum atomic E-state index is -0.487. The third-order valence-corrected chi connectivity index (χ3v) is 5.63. The maximum Gasteiger partial charge on any atom is 0.272 e. The lowest BCUT2D eigenvalue weighted by atomic mass is 10.0. The standard InChI is InChI=1S/C23H27N3O5/c1-16-14-18(9-12-20(16)26(29)30)23(28)24-15-22(27)25-13-5-3-4-6-21(25)17-7-10-19(31-2)11-8-17/h7-12,14,21H,3-6,13,15H2,1-2H3,(H,24,28). The summed E-state index contributed by atoms with van der Waals surface area (Å²) in [6.07, 6.45) is 3.89. The van der Waals surface area contributed by atoms with Crippen molar-refractivity contribution in [3.8, 4) is 5.75 Å². The fraction of sp³-hybridized carbons (Fsp3) is 0.391. The molecule has 0 spiro atoms. The van der Waals surface area contributed by atoms with Crippen LogP contribution in [-0.2, 0) is 4.79 Å². The Balaban J connectivity index is 1.68. The van der Waals surface area contributed by atoms with Crippen LogP contribution in [0.1, 0.15) is 53.2 Å². The summed E-state index contributed by atoms with van der Waals surface area (Å²) in [5, 5.41) is 13.6. The highest BCUT2D eigenvalue weighted by Gasteiger charge is 2.27. The summed E-state index contributed by atoms with van der Waals surface area (Å²) < 4.78 is 5.23. The number of benzene rings is 2. The lowest BCUT2D eigenvalue weighted by Gasteiger charge is -2.30. The topological polar surface area (TPSA) is 102 Å². The van der Waals surface area contributed by atoms with Crippen molar-refractivity contribution < 1.29 is 19.2 Å². The van der Waals surface area contributed by atoms with Gasteiger partial charge in [0.2, 0.25) is 5.91 Å². The van der Waals surface area contributed by atoms with E-state index in [-0.39, 0.29) is 24.2 Å². The van der Waals surface area contributed by atoms with Crippen molar-refractivity contribution >= 4 is 17.5 Å². The summed E-state index contributed by atoms with van der Waals surface area (Å²) in [5.41, 5.74) is 1.70. The first-order chi connectivity index (χ1) is 14.9. The van der Waals surface area contributed by atoms with Gasteiger partial charge in [-0.15, -0.1) is 0 Å². The number of aryl methyl sites for hydroxylation is 1. The van der Waals surface area contributed by atoms with Crippen LogP contribution in [0.3, 0.4) is 0 Å². The number of methoxy groups -OCH3 is 1. The SMILES string of the molecule is COc1ccc(C2CCCCCN2C(=O)CNC(=O)c2ccc([N+](=O)[O-])c(C)c2)cc1. The Morgan fingerprint density at radius 3 is 2.55 bits per heavy atom. The third-order valence-electron chi connectivity index (χ3n) is 5.63. The third kappa shape index (κ3) is 5.39. The fourth-order valence-electron chi connectivity index (χ4n) is 3.94. The molecule has 1 heterocycles. The van der Waals surface area contributed by atoms with Crippen LogP contribution in [-0.4, -0.2) is 41.8 Å². The van der Waals surface area contributed by atoms with Gasteiger partial charge in [0.25, 0.3) is 11.6 Å². The van der Waals surface area contributed by atoms with Crippen LogP contribution in [0.2, 0.25) is 0 Å². The first-order valence-corrected chi connectivity index (χ1v) is 10.4. The summed E-state index contributed by atoms with van der Waals surface area (Å²) >= 11 is 0. The van der Waals surface area contributed by atoms with E-state index in [1.165, 1.54) is 18.2 Å². The molecule has 0 bridgehead atoms. The molecule has 1 aliphatic heterocycles. The second-order valence-electron chi connectivity index (χ2n) is 7.67. The van der Waals surface area contributed by atoms with E-state index in [2.05, 4.69) is 5.32 Å². The molecule has 3 rings (SSSR count). The van der Waals surface area contributed by atoms with Crippen molar-refractivity contribution in [3.05, 3.63) is 69.3 Å². The van der Waals surface area contributed by atoms with Gasteiger partial charge in [0.1, 0.15) is 5.75 Å². The number of hydrogen-bond acceptors (Lipinski definition) is 5. The minimum Gasteiger partial charge on any atom is -0.497 e. The van der Waals surface area contributed by atoms with Crippen molar-refractivity contribution in [2.75, 3.05) is 20.2 Å². The zero-order valence-electron chi connectivity index (χ0n) is 17.8. The Morgan fingerprint density at radius 2 is 1.90 bits per heavy atom. The normalized spacial score (nSPS) is 16.3. The van der Waals surface area contributed by atoms with Crippen LogP contribution in [0.15, 0.2) is 42.5 Å². The van der Waals surface area contributed by atoms with Gasteiger partial charge in [-0.25, -0.2) is 0 Å². The average molecular weight is 425 g/mol. The highest BCUT2D eigenvalue weighted by Crippen LogP contribution is 2.31. The Hall–Kier alpha value is -3.42. The lowest BCUT2D eigenvalue weighted by Crippen LogP contribution is -2.42. The van der Waals surface area contributed by atoms with Crippen LogP contribution in [0.4, 0.5) is 5.69 Å². The number of hydrogen-bond donors (Lipinski definition) is 1. The molecular weight excluding hydrogens is 398 g/mol. The molecule has 1 unspecified atom stereocenters. The van der Waals surface area contributed by atoms with Gasteiger partial charge in [0.05, 0.1) is 24.6 Å². The van der Waals surface area contributed by atoms with Crippen LogP contribution >= 0.6 is 0 Å². The molecule has 1 fully saturated rings. The molecule has 0 radical (unpaired) electrons. The number of carbonyl (C=O) groups is 2. The first kappa shape index (κ1) is 22.3. The highest BCUT2D eigenvalue weighted by atomic mass is 16.6. The number of nitro benzene ring substituents is 1.